The molecule has 2 aromatic carbocycles. The fourth-order valence-electron chi connectivity index (χ4n) is 3.05. The van der Waals surface area contributed by atoms with Crippen molar-refractivity contribution in [3.63, 3.8) is 0 Å². The lowest BCUT2D eigenvalue weighted by atomic mass is 10.1. The highest BCUT2D eigenvalue weighted by molar-refractivity contribution is 6.30. The molecule has 1 fully saturated rings. The Morgan fingerprint density at radius 2 is 2.00 bits per heavy atom. The van der Waals surface area contributed by atoms with E-state index in [-0.39, 0.29) is 11.8 Å². The molecule has 1 aliphatic rings. The van der Waals surface area contributed by atoms with Crippen molar-refractivity contribution in [3.05, 3.63) is 71.0 Å². The number of aromatic nitrogens is 2. The molecule has 0 radical (unpaired) electrons. The van der Waals surface area contributed by atoms with Crippen LogP contribution in [0.5, 0.6) is 0 Å². The molecule has 3 aromatic rings. The number of rotatable bonds is 4. The van der Waals surface area contributed by atoms with Crippen LogP contribution in [0.3, 0.4) is 0 Å². The van der Waals surface area contributed by atoms with Gasteiger partial charge in [-0.15, -0.1) is 0 Å². The van der Waals surface area contributed by atoms with Gasteiger partial charge in [-0.3, -0.25) is 4.79 Å². The first kappa shape index (κ1) is 15.8. The minimum atomic E-state index is -0.0482. The Hall–Kier alpha value is -2.66. The maximum atomic E-state index is 12.3. The van der Waals surface area contributed by atoms with Gasteiger partial charge in [-0.2, -0.15) is 4.98 Å². The van der Waals surface area contributed by atoms with Gasteiger partial charge in [-0.25, -0.2) is 0 Å². The molecular formula is C19H16ClN3O2. The Bertz CT molecular complexity index is 894. The molecule has 1 amide bonds. The highest BCUT2D eigenvalue weighted by Gasteiger charge is 2.33. The van der Waals surface area contributed by atoms with Crippen LogP contribution in [0.15, 0.2) is 59.1 Å². The molecule has 0 N–H and O–H groups in total. The Labute approximate surface area is 150 Å². The number of likely N-dealkylation sites (tertiary alicyclic amines) is 1. The van der Waals surface area contributed by atoms with E-state index in [1.54, 1.807) is 0 Å². The third-order valence-corrected chi connectivity index (χ3v) is 4.54. The average molecular weight is 354 g/mol. The summed E-state index contributed by atoms with van der Waals surface area (Å²) < 4.78 is 5.36. The van der Waals surface area contributed by atoms with Crippen LogP contribution in [0.1, 0.15) is 23.7 Å². The Morgan fingerprint density at radius 3 is 2.80 bits per heavy atom. The van der Waals surface area contributed by atoms with E-state index in [0.717, 1.165) is 11.1 Å². The van der Waals surface area contributed by atoms with Crippen LogP contribution in [-0.2, 0) is 11.3 Å². The predicted octanol–water partition coefficient (Wildman–Crippen LogP) is 3.91. The zero-order valence-corrected chi connectivity index (χ0v) is 14.2. The summed E-state index contributed by atoms with van der Waals surface area (Å²) in [4.78, 5) is 18.6. The zero-order valence-electron chi connectivity index (χ0n) is 13.4. The van der Waals surface area contributed by atoms with Gasteiger partial charge in [0, 0.05) is 36.0 Å². The maximum Gasteiger partial charge on any atom is 0.257 e. The lowest BCUT2D eigenvalue weighted by Gasteiger charge is -2.16. The fourth-order valence-corrected chi connectivity index (χ4v) is 3.27. The topological polar surface area (TPSA) is 59.2 Å². The molecule has 1 saturated heterocycles. The van der Waals surface area contributed by atoms with Crippen molar-refractivity contribution in [2.24, 2.45) is 0 Å². The number of carbonyl (C=O) groups is 1. The quantitative estimate of drug-likeness (QED) is 0.713. The van der Waals surface area contributed by atoms with Crippen LogP contribution in [0, 0.1) is 0 Å². The number of benzene rings is 2. The molecule has 5 nitrogen and oxygen atoms in total. The van der Waals surface area contributed by atoms with Crippen LogP contribution >= 0.6 is 11.6 Å². The van der Waals surface area contributed by atoms with Crippen LogP contribution < -0.4 is 0 Å². The first-order valence-corrected chi connectivity index (χ1v) is 8.48. The lowest BCUT2D eigenvalue weighted by molar-refractivity contribution is -0.128. The predicted molar refractivity (Wildman–Crippen MR) is 94.0 cm³/mol. The molecule has 25 heavy (non-hydrogen) atoms. The highest BCUT2D eigenvalue weighted by atomic mass is 35.5. The van der Waals surface area contributed by atoms with Gasteiger partial charge in [-0.1, -0.05) is 47.1 Å². The van der Waals surface area contributed by atoms with E-state index in [1.807, 2.05) is 59.5 Å². The molecule has 2 heterocycles. The average Bonchev–Trinajstić information content (AvgIpc) is 3.23. The summed E-state index contributed by atoms with van der Waals surface area (Å²) in [6.07, 6.45) is 0.397. The normalized spacial score (nSPS) is 17.2. The second-order valence-electron chi connectivity index (χ2n) is 6.13. The fraction of sp³-hybridized carbons (Fsp3) is 0.211. The summed E-state index contributed by atoms with van der Waals surface area (Å²) in [5.41, 5.74) is 1.89. The number of carbonyl (C=O) groups excluding carboxylic acids is 1. The number of hydrogen-bond donors (Lipinski definition) is 0. The minimum Gasteiger partial charge on any atom is -0.338 e. The Balaban J connectivity index is 1.48. The first-order valence-electron chi connectivity index (χ1n) is 8.10. The summed E-state index contributed by atoms with van der Waals surface area (Å²) in [5.74, 6) is 1.11. The molecule has 0 bridgehead atoms. The SMILES string of the molecule is O=C1CC(c2noc(-c3ccccc3)n2)CN1Cc1cccc(Cl)c1. The van der Waals surface area contributed by atoms with Crippen molar-refractivity contribution in [3.8, 4) is 11.5 Å². The molecule has 0 saturated carbocycles. The maximum absolute atomic E-state index is 12.3. The smallest absolute Gasteiger partial charge is 0.257 e. The Morgan fingerprint density at radius 1 is 1.16 bits per heavy atom. The van der Waals surface area contributed by atoms with E-state index in [0.29, 0.717) is 36.2 Å². The van der Waals surface area contributed by atoms with Crippen LogP contribution in [0.25, 0.3) is 11.5 Å². The summed E-state index contributed by atoms with van der Waals surface area (Å²) >= 11 is 6.02. The van der Waals surface area contributed by atoms with E-state index >= 15 is 0 Å². The van der Waals surface area contributed by atoms with Crippen molar-refractivity contribution >= 4 is 17.5 Å². The summed E-state index contributed by atoms with van der Waals surface area (Å²) in [6, 6.07) is 17.2. The van der Waals surface area contributed by atoms with E-state index in [9.17, 15) is 4.79 Å². The van der Waals surface area contributed by atoms with Crippen molar-refractivity contribution < 1.29 is 9.32 Å². The van der Waals surface area contributed by atoms with Gasteiger partial charge in [-0.05, 0) is 29.8 Å². The van der Waals surface area contributed by atoms with Gasteiger partial charge in [0.05, 0.1) is 0 Å². The number of halogens is 1. The van der Waals surface area contributed by atoms with Gasteiger partial charge < -0.3 is 9.42 Å². The summed E-state index contributed by atoms with van der Waals surface area (Å²) in [6.45, 7) is 1.12. The number of hydrogen-bond acceptors (Lipinski definition) is 4. The monoisotopic (exact) mass is 353 g/mol. The van der Waals surface area contributed by atoms with Crippen molar-refractivity contribution in [2.75, 3.05) is 6.54 Å². The van der Waals surface area contributed by atoms with E-state index in [1.165, 1.54) is 0 Å². The van der Waals surface area contributed by atoms with Crippen LogP contribution in [0.2, 0.25) is 5.02 Å². The molecule has 4 rings (SSSR count). The Kier molecular flexibility index (Phi) is 4.24. The van der Waals surface area contributed by atoms with Crippen molar-refractivity contribution in [2.45, 2.75) is 18.9 Å². The van der Waals surface area contributed by atoms with Gasteiger partial charge in [0.2, 0.25) is 5.91 Å². The summed E-state index contributed by atoms with van der Waals surface area (Å²) in [5, 5.41) is 4.75. The second kappa shape index (κ2) is 6.69. The largest absolute Gasteiger partial charge is 0.338 e. The molecule has 0 spiro atoms. The molecule has 1 unspecified atom stereocenters. The number of nitrogens with zero attached hydrogens (tertiary/aromatic N) is 3. The number of amides is 1. The lowest BCUT2D eigenvalue weighted by Crippen LogP contribution is -2.24. The van der Waals surface area contributed by atoms with Gasteiger partial charge in [0.1, 0.15) is 0 Å². The van der Waals surface area contributed by atoms with Gasteiger partial charge in [0.25, 0.3) is 5.89 Å². The molecule has 1 aromatic heterocycles. The first-order chi connectivity index (χ1) is 12.2. The molecule has 126 valence electrons. The molecular weight excluding hydrogens is 338 g/mol. The van der Waals surface area contributed by atoms with E-state index < -0.39 is 0 Å². The molecule has 0 aliphatic carbocycles. The summed E-state index contributed by atoms with van der Waals surface area (Å²) in [7, 11) is 0. The molecule has 6 heteroatoms. The van der Waals surface area contributed by atoms with Crippen LogP contribution in [-0.4, -0.2) is 27.5 Å². The van der Waals surface area contributed by atoms with Gasteiger partial charge >= 0.3 is 0 Å². The van der Waals surface area contributed by atoms with Crippen molar-refractivity contribution in [1.29, 1.82) is 0 Å². The van der Waals surface area contributed by atoms with Crippen LogP contribution in [0.4, 0.5) is 0 Å². The third-order valence-electron chi connectivity index (χ3n) is 4.30. The zero-order chi connectivity index (χ0) is 17.2. The van der Waals surface area contributed by atoms with Crippen molar-refractivity contribution in [1.82, 2.24) is 15.0 Å². The highest BCUT2D eigenvalue weighted by Crippen LogP contribution is 2.29. The van der Waals surface area contributed by atoms with Gasteiger partial charge in [0.15, 0.2) is 5.82 Å². The minimum absolute atomic E-state index is 0.0482. The van der Waals surface area contributed by atoms with E-state index in [2.05, 4.69) is 10.1 Å². The third kappa shape index (κ3) is 3.42. The standard InChI is InChI=1S/C19H16ClN3O2/c20-16-8-4-5-13(9-16)11-23-12-15(10-17(23)24)18-21-19(25-22-18)14-6-2-1-3-7-14/h1-9,15H,10-12H2. The van der Waals surface area contributed by atoms with E-state index in [4.69, 9.17) is 16.1 Å². The molecule has 1 atom stereocenters. The molecule has 1 aliphatic heterocycles. The second-order valence-corrected chi connectivity index (χ2v) is 6.57.